The number of benzene rings is 1. The lowest BCUT2D eigenvalue weighted by atomic mass is 10.3. The Labute approximate surface area is 151 Å². The molecule has 4 rings (SSSR count). The minimum Gasteiger partial charge on any atom is -0.383 e. The van der Waals surface area contributed by atoms with Gasteiger partial charge in [-0.3, -0.25) is 0 Å². The van der Waals surface area contributed by atoms with Gasteiger partial charge >= 0.3 is 0 Å². The number of aromatic nitrogens is 3. The number of hydrogen-bond donors (Lipinski definition) is 2. The van der Waals surface area contributed by atoms with Crippen molar-refractivity contribution in [3.8, 4) is 0 Å². The van der Waals surface area contributed by atoms with Crippen LogP contribution in [0.4, 0.5) is 16.6 Å². The maximum atomic E-state index is 5.98. The molecule has 0 aliphatic heterocycles. The van der Waals surface area contributed by atoms with Crippen LogP contribution in [0.3, 0.4) is 0 Å². The highest BCUT2D eigenvalue weighted by atomic mass is 32.2. The Hall–Kier alpha value is -2.16. The number of thiazole rings is 1. The number of thiophene rings is 1. The molecule has 5 nitrogen and oxygen atoms in total. The van der Waals surface area contributed by atoms with Gasteiger partial charge in [0.05, 0.1) is 11.1 Å². The van der Waals surface area contributed by atoms with Crippen molar-refractivity contribution in [1.29, 1.82) is 0 Å². The number of nitrogens with two attached hydrogens (primary N) is 1. The summed E-state index contributed by atoms with van der Waals surface area (Å²) in [4.78, 5) is 14.4. The second kappa shape index (κ2) is 6.76. The second-order valence-electron chi connectivity index (χ2n) is 4.95. The molecule has 0 saturated heterocycles. The van der Waals surface area contributed by atoms with Crippen molar-refractivity contribution in [2.75, 3.05) is 11.1 Å². The molecule has 0 aliphatic rings. The first kappa shape index (κ1) is 15.4. The van der Waals surface area contributed by atoms with Crippen LogP contribution < -0.4 is 11.1 Å². The number of fused-ring (bicyclic) bond motifs is 1. The van der Waals surface area contributed by atoms with E-state index in [2.05, 4.69) is 20.3 Å². The lowest BCUT2D eigenvalue weighted by Crippen LogP contribution is -1.95. The molecule has 0 aliphatic carbocycles. The average Bonchev–Trinajstić information content (AvgIpc) is 3.23. The zero-order valence-corrected chi connectivity index (χ0v) is 14.9. The van der Waals surface area contributed by atoms with Gasteiger partial charge < -0.3 is 11.1 Å². The Bertz CT molecular complexity index is 964. The molecule has 4 aromatic rings. The summed E-state index contributed by atoms with van der Waals surface area (Å²) < 4.78 is 0. The molecule has 0 saturated carbocycles. The van der Waals surface area contributed by atoms with Gasteiger partial charge in [-0.2, -0.15) is 0 Å². The number of thioether (sulfide) groups is 1. The summed E-state index contributed by atoms with van der Waals surface area (Å²) in [6, 6.07) is 12.0. The van der Waals surface area contributed by atoms with Crippen LogP contribution >= 0.6 is 34.4 Å². The van der Waals surface area contributed by atoms with Gasteiger partial charge in [-0.25, -0.2) is 15.0 Å². The summed E-state index contributed by atoms with van der Waals surface area (Å²) >= 11 is 4.71. The maximum absolute atomic E-state index is 5.98. The summed E-state index contributed by atoms with van der Waals surface area (Å²) in [5.74, 6) is 1.25. The van der Waals surface area contributed by atoms with Crippen LogP contribution in [-0.4, -0.2) is 15.0 Å². The zero-order chi connectivity index (χ0) is 16.4. The van der Waals surface area contributed by atoms with Gasteiger partial charge in [0.1, 0.15) is 10.6 Å². The minimum atomic E-state index is 0.536. The van der Waals surface area contributed by atoms with Gasteiger partial charge in [0.15, 0.2) is 10.3 Å². The van der Waals surface area contributed by atoms with E-state index in [1.165, 1.54) is 0 Å². The molecule has 0 spiro atoms. The Morgan fingerprint density at radius 1 is 1.04 bits per heavy atom. The fourth-order valence-corrected chi connectivity index (χ4v) is 4.55. The lowest BCUT2D eigenvalue weighted by molar-refractivity contribution is 1.01. The third-order valence-electron chi connectivity index (χ3n) is 3.26. The van der Waals surface area contributed by atoms with E-state index in [1.54, 1.807) is 34.4 Å². The molecule has 3 aromatic heterocycles. The van der Waals surface area contributed by atoms with E-state index < -0.39 is 0 Å². The number of nitrogens with one attached hydrogen (secondary N) is 1. The monoisotopic (exact) mass is 371 g/mol. The largest absolute Gasteiger partial charge is 0.383 e. The van der Waals surface area contributed by atoms with E-state index in [0.717, 1.165) is 26.7 Å². The van der Waals surface area contributed by atoms with Gasteiger partial charge in [0.2, 0.25) is 0 Å². The molecule has 0 atom stereocenters. The van der Waals surface area contributed by atoms with Crippen molar-refractivity contribution in [2.45, 2.75) is 10.9 Å². The Morgan fingerprint density at radius 2 is 1.92 bits per heavy atom. The number of hydrogen-bond acceptors (Lipinski definition) is 8. The van der Waals surface area contributed by atoms with Crippen LogP contribution in [-0.2, 0) is 5.75 Å². The van der Waals surface area contributed by atoms with Gasteiger partial charge in [-0.05, 0) is 23.6 Å². The third-order valence-corrected chi connectivity index (χ3v) is 5.75. The van der Waals surface area contributed by atoms with Crippen LogP contribution in [0.5, 0.6) is 0 Å². The topological polar surface area (TPSA) is 76.7 Å². The first-order chi connectivity index (χ1) is 11.8. The minimum absolute atomic E-state index is 0.536. The number of para-hydroxylation sites is 1. The molecule has 0 amide bonds. The van der Waals surface area contributed by atoms with Gasteiger partial charge in [-0.15, -0.1) is 22.7 Å². The summed E-state index contributed by atoms with van der Waals surface area (Å²) in [7, 11) is 0. The molecule has 0 fully saturated rings. The molecule has 3 heterocycles. The Kier molecular flexibility index (Phi) is 4.33. The molecule has 24 heavy (non-hydrogen) atoms. The molecular weight excluding hydrogens is 358 g/mol. The summed E-state index contributed by atoms with van der Waals surface area (Å²) in [6.45, 7) is 0. The van der Waals surface area contributed by atoms with Crippen molar-refractivity contribution < 1.29 is 0 Å². The highest BCUT2D eigenvalue weighted by molar-refractivity contribution is 7.98. The van der Waals surface area contributed by atoms with Crippen LogP contribution in [0.1, 0.15) is 5.69 Å². The van der Waals surface area contributed by atoms with E-state index in [9.17, 15) is 0 Å². The molecule has 8 heteroatoms. The maximum Gasteiger partial charge on any atom is 0.191 e. The normalized spacial score (nSPS) is 11.0. The smallest absolute Gasteiger partial charge is 0.191 e. The highest BCUT2D eigenvalue weighted by Crippen LogP contribution is 2.29. The highest BCUT2D eigenvalue weighted by Gasteiger charge is 2.09. The number of rotatable bonds is 5. The Balaban J connectivity index is 1.44. The molecule has 0 radical (unpaired) electrons. The fourth-order valence-electron chi connectivity index (χ4n) is 2.14. The van der Waals surface area contributed by atoms with Crippen LogP contribution in [0.15, 0.2) is 52.3 Å². The SMILES string of the molecule is Nc1nc(SCc2csc(Nc3ccccc3)n2)nc2sccc12. The molecule has 1 aromatic carbocycles. The van der Waals surface area contributed by atoms with Gasteiger partial charge in [0.25, 0.3) is 0 Å². The summed E-state index contributed by atoms with van der Waals surface area (Å²) in [5, 5.41) is 9.82. The van der Waals surface area contributed by atoms with E-state index in [-0.39, 0.29) is 0 Å². The van der Waals surface area contributed by atoms with Crippen molar-refractivity contribution in [3.05, 3.63) is 52.9 Å². The van der Waals surface area contributed by atoms with Crippen molar-refractivity contribution >= 4 is 61.3 Å². The van der Waals surface area contributed by atoms with Crippen molar-refractivity contribution in [2.24, 2.45) is 0 Å². The molecular formula is C16H13N5S3. The summed E-state index contributed by atoms with van der Waals surface area (Å²) in [5.41, 5.74) is 8.01. The van der Waals surface area contributed by atoms with Gasteiger partial charge in [-0.1, -0.05) is 30.0 Å². The van der Waals surface area contributed by atoms with Crippen LogP contribution in [0.2, 0.25) is 0 Å². The van der Waals surface area contributed by atoms with Crippen molar-refractivity contribution in [3.63, 3.8) is 0 Å². The quantitative estimate of drug-likeness (QED) is 0.389. The van der Waals surface area contributed by atoms with Crippen molar-refractivity contribution in [1.82, 2.24) is 15.0 Å². The lowest BCUT2D eigenvalue weighted by Gasteiger charge is -2.02. The fraction of sp³-hybridized carbons (Fsp3) is 0.0625. The van der Waals surface area contributed by atoms with Gasteiger partial charge in [0, 0.05) is 16.8 Å². The number of nitrogens with zero attached hydrogens (tertiary/aromatic N) is 3. The number of nitrogen functional groups attached to an aromatic ring is 1. The van der Waals surface area contributed by atoms with E-state index in [1.807, 2.05) is 47.2 Å². The van der Waals surface area contributed by atoms with Crippen LogP contribution in [0, 0.1) is 0 Å². The standard InChI is InChI=1S/C16H13N5S3/c17-13-12-6-7-22-14(12)21-16(20-13)24-9-11-8-23-15(19-11)18-10-4-2-1-3-5-10/h1-8H,9H2,(H,18,19)(H2,17,20,21). The Morgan fingerprint density at radius 3 is 2.79 bits per heavy atom. The predicted molar refractivity (Wildman–Crippen MR) is 103 cm³/mol. The molecule has 3 N–H and O–H groups in total. The zero-order valence-electron chi connectivity index (χ0n) is 12.5. The average molecular weight is 372 g/mol. The van der Waals surface area contributed by atoms with Crippen LogP contribution in [0.25, 0.3) is 10.2 Å². The first-order valence-corrected chi connectivity index (χ1v) is 9.92. The van der Waals surface area contributed by atoms with E-state index in [4.69, 9.17) is 5.73 Å². The predicted octanol–water partition coefficient (Wildman–Crippen LogP) is 4.77. The molecule has 0 bridgehead atoms. The van der Waals surface area contributed by atoms with E-state index >= 15 is 0 Å². The first-order valence-electron chi connectivity index (χ1n) is 7.18. The third kappa shape index (κ3) is 3.35. The summed E-state index contributed by atoms with van der Waals surface area (Å²) in [6.07, 6.45) is 0. The molecule has 0 unspecified atom stereocenters. The second-order valence-corrected chi connectivity index (χ2v) is 7.65. The molecule has 120 valence electrons. The van der Waals surface area contributed by atoms with E-state index in [0.29, 0.717) is 16.7 Å². The number of anilines is 3.